The van der Waals surface area contributed by atoms with Gasteiger partial charge in [0.2, 0.25) is 11.8 Å². The Balaban J connectivity index is 1.34. The van der Waals surface area contributed by atoms with E-state index >= 15 is 0 Å². The Kier molecular flexibility index (Phi) is 6.77. The smallest absolute Gasteiger partial charge is 0.326 e. The summed E-state index contributed by atoms with van der Waals surface area (Å²) in [6.45, 7) is 4.88. The zero-order valence-corrected chi connectivity index (χ0v) is 18.9. The second-order valence-corrected chi connectivity index (χ2v) is 8.05. The Morgan fingerprint density at radius 1 is 1.21 bits per heavy atom. The molecule has 3 N–H and O–H groups in total. The fourth-order valence-corrected chi connectivity index (χ4v) is 3.30. The highest BCUT2D eigenvalue weighted by Gasteiger charge is 2.26. The number of carbonyl (C=O) groups excluding carboxylic acids is 1. The highest BCUT2D eigenvalue weighted by molar-refractivity contribution is 6.03. The van der Waals surface area contributed by atoms with E-state index in [1.54, 1.807) is 19.4 Å². The number of hydrazine groups is 1. The van der Waals surface area contributed by atoms with Crippen molar-refractivity contribution in [2.24, 2.45) is 10.9 Å². The lowest BCUT2D eigenvalue weighted by atomic mass is 10.1. The summed E-state index contributed by atoms with van der Waals surface area (Å²) < 4.78 is 10.9. The zero-order chi connectivity index (χ0) is 23.2. The molecule has 0 saturated heterocycles. The van der Waals surface area contributed by atoms with Gasteiger partial charge in [-0.15, -0.1) is 0 Å². The largest absolute Gasteiger partial charge is 0.491 e. The molecule has 0 saturated carbocycles. The summed E-state index contributed by atoms with van der Waals surface area (Å²) in [5, 5.41) is 7.41. The second-order valence-electron chi connectivity index (χ2n) is 8.05. The quantitative estimate of drug-likeness (QED) is 0.597. The van der Waals surface area contributed by atoms with Gasteiger partial charge in [-0.25, -0.2) is 14.8 Å². The van der Waals surface area contributed by atoms with Crippen molar-refractivity contribution in [2.75, 3.05) is 19.0 Å². The lowest BCUT2D eigenvalue weighted by Gasteiger charge is -2.23. The maximum absolute atomic E-state index is 12.6. The molecule has 2 amide bonds. The number of hydrogen-bond acceptors (Lipinski definition) is 7. The molecule has 0 spiro atoms. The number of allylic oxidation sites excluding steroid dienone is 2. The van der Waals surface area contributed by atoms with Crippen molar-refractivity contribution in [2.45, 2.75) is 26.4 Å². The van der Waals surface area contributed by atoms with Gasteiger partial charge in [0.25, 0.3) is 0 Å². The summed E-state index contributed by atoms with van der Waals surface area (Å²) >= 11 is 0. The first-order valence-corrected chi connectivity index (χ1v) is 10.8. The van der Waals surface area contributed by atoms with E-state index in [2.05, 4.69) is 39.9 Å². The standard InChI is InChI=1S/C24H28N6O3/c1-16(2)12-13-33-20-7-5-4-6-19(20)26-24(31)28-23-27-21-10-8-18(15-30(21)29-23)17-9-11-22(32-3)25-14-17/h4-11,14-16,21H,12-13H2,1-3H3,(H3,26,27,28,29,31). The number of aliphatic imine (C=N–C) groups is 1. The van der Waals surface area contributed by atoms with Gasteiger partial charge in [-0.1, -0.05) is 32.1 Å². The highest BCUT2D eigenvalue weighted by atomic mass is 16.5. The van der Waals surface area contributed by atoms with Crippen LogP contribution in [0.2, 0.25) is 0 Å². The Morgan fingerprint density at radius 3 is 2.82 bits per heavy atom. The van der Waals surface area contributed by atoms with Gasteiger partial charge in [0, 0.05) is 29.6 Å². The van der Waals surface area contributed by atoms with Gasteiger partial charge in [0.15, 0.2) is 6.17 Å². The minimum Gasteiger partial charge on any atom is -0.491 e. The minimum absolute atomic E-state index is 0.248. The Hall–Kier alpha value is -4.01. The molecule has 172 valence electrons. The molecule has 0 radical (unpaired) electrons. The van der Waals surface area contributed by atoms with E-state index in [0.717, 1.165) is 17.6 Å². The third-order valence-corrected chi connectivity index (χ3v) is 5.11. The van der Waals surface area contributed by atoms with Crippen molar-refractivity contribution >= 4 is 23.3 Å². The van der Waals surface area contributed by atoms with Gasteiger partial charge in [-0.05, 0) is 36.6 Å². The van der Waals surface area contributed by atoms with Crippen LogP contribution in [0.4, 0.5) is 10.5 Å². The first-order valence-electron chi connectivity index (χ1n) is 10.8. The Labute approximate surface area is 193 Å². The van der Waals surface area contributed by atoms with Gasteiger partial charge in [-0.3, -0.25) is 15.8 Å². The summed E-state index contributed by atoms with van der Waals surface area (Å²) in [6.07, 6.45) is 8.28. The van der Waals surface area contributed by atoms with Crippen LogP contribution in [0.3, 0.4) is 0 Å². The Bertz CT molecular complexity index is 1080. The second kappa shape index (κ2) is 10.1. The molecule has 1 aromatic heterocycles. The summed E-state index contributed by atoms with van der Waals surface area (Å²) in [6, 6.07) is 10.7. The predicted molar refractivity (Wildman–Crippen MR) is 128 cm³/mol. The monoisotopic (exact) mass is 448 g/mol. The number of guanidine groups is 1. The molecule has 2 aliphatic heterocycles. The summed E-state index contributed by atoms with van der Waals surface area (Å²) in [5.74, 6) is 2.09. The average molecular weight is 449 g/mol. The normalized spacial score (nSPS) is 16.5. The molecule has 33 heavy (non-hydrogen) atoms. The fraction of sp³-hybridized carbons (Fsp3) is 0.292. The summed E-state index contributed by atoms with van der Waals surface area (Å²) in [4.78, 5) is 21.3. The number of pyridine rings is 1. The number of nitrogens with one attached hydrogen (secondary N) is 3. The first-order chi connectivity index (χ1) is 16.0. The van der Waals surface area contributed by atoms with Crippen molar-refractivity contribution in [3.8, 4) is 11.6 Å². The number of methoxy groups -OCH3 is 1. The number of aromatic nitrogens is 1. The first kappa shape index (κ1) is 22.2. The SMILES string of the molecule is COc1ccc(C2=CN3NC(NC(=O)Nc4ccccc4OCCC(C)C)=NC3C=C2)cn1. The maximum atomic E-state index is 12.6. The molecule has 4 rings (SSSR count). The Morgan fingerprint density at radius 2 is 2.06 bits per heavy atom. The van der Waals surface area contributed by atoms with Crippen LogP contribution in [-0.4, -0.2) is 41.9 Å². The number of carbonyl (C=O) groups is 1. The van der Waals surface area contributed by atoms with Crippen molar-refractivity contribution < 1.29 is 14.3 Å². The van der Waals surface area contributed by atoms with Gasteiger partial charge in [0.05, 0.1) is 19.4 Å². The van der Waals surface area contributed by atoms with Crippen LogP contribution in [0.1, 0.15) is 25.8 Å². The van der Waals surface area contributed by atoms with Crippen LogP contribution in [0.25, 0.3) is 5.57 Å². The van der Waals surface area contributed by atoms with Crippen LogP contribution in [-0.2, 0) is 0 Å². The van der Waals surface area contributed by atoms with E-state index in [1.807, 2.05) is 53.7 Å². The van der Waals surface area contributed by atoms with Crippen LogP contribution in [0, 0.1) is 5.92 Å². The van der Waals surface area contributed by atoms with E-state index < -0.39 is 6.03 Å². The van der Waals surface area contributed by atoms with E-state index in [-0.39, 0.29) is 6.17 Å². The average Bonchev–Trinajstić information content (AvgIpc) is 3.21. The minimum atomic E-state index is -0.409. The van der Waals surface area contributed by atoms with Crippen LogP contribution >= 0.6 is 0 Å². The number of anilines is 1. The van der Waals surface area contributed by atoms with Crippen molar-refractivity contribution in [1.82, 2.24) is 20.7 Å². The number of hydrogen-bond donors (Lipinski definition) is 3. The summed E-state index contributed by atoms with van der Waals surface area (Å²) in [5.41, 5.74) is 5.61. The number of amides is 2. The van der Waals surface area contributed by atoms with Gasteiger partial charge in [-0.2, -0.15) is 0 Å². The number of rotatable bonds is 7. The van der Waals surface area contributed by atoms with Gasteiger partial charge >= 0.3 is 6.03 Å². The molecule has 9 nitrogen and oxygen atoms in total. The molecule has 1 unspecified atom stereocenters. The third kappa shape index (κ3) is 5.62. The molecule has 3 heterocycles. The highest BCUT2D eigenvalue weighted by Crippen LogP contribution is 2.25. The van der Waals surface area contributed by atoms with E-state index in [1.165, 1.54) is 0 Å². The molecule has 1 atom stereocenters. The summed E-state index contributed by atoms with van der Waals surface area (Å²) in [7, 11) is 1.58. The lowest BCUT2D eigenvalue weighted by Crippen LogP contribution is -2.45. The number of benzene rings is 1. The van der Waals surface area contributed by atoms with Crippen molar-refractivity contribution in [3.05, 3.63) is 66.5 Å². The van der Waals surface area contributed by atoms with E-state index in [9.17, 15) is 4.79 Å². The maximum Gasteiger partial charge on any atom is 0.326 e. The molecule has 0 aliphatic carbocycles. The third-order valence-electron chi connectivity index (χ3n) is 5.11. The molecule has 2 aliphatic rings. The fourth-order valence-electron chi connectivity index (χ4n) is 3.30. The van der Waals surface area contributed by atoms with Crippen LogP contribution < -0.4 is 25.5 Å². The molecular formula is C24H28N6O3. The van der Waals surface area contributed by atoms with Crippen molar-refractivity contribution in [1.29, 1.82) is 0 Å². The number of para-hydroxylation sites is 2. The number of fused-ring (bicyclic) bond motifs is 1. The van der Waals surface area contributed by atoms with Crippen LogP contribution in [0.15, 0.2) is 65.9 Å². The number of ether oxygens (including phenoxy) is 2. The van der Waals surface area contributed by atoms with E-state index in [0.29, 0.717) is 35.8 Å². The molecule has 0 bridgehead atoms. The van der Waals surface area contributed by atoms with Gasteiger partial charge in [0.1, 0.15) is 5.75 Å². The predicted octanol–water partition coefficient (Wildman–Crippen LogP) is 3.75. The molecule has 1 aromatic carbocycles. The molecule has 0 fully saturated rings. The number of nitrogens with zero attached hydrogens (tertiary/aromatic N) is 3. The van der Waals surface area contributed by atoms with Crippen molar-refractivity contribution in [3.63, 3.8) is 0 Å². The zero-order valence-electron chi connectivity index (χ0n) is 18.9. The number of urea groups is 1. The topological polar surface area (TPSA) is 100 Å². The molecular weight excluding hydrogens is 420 g/mol. The van der Waals surface area contributed by atoms with Crippen LogP contribution in [0.5, 0.6) is 11.6 Å². The lowest BCUT2D eigenvalue weighted by molar-refractivity contribution is 0.254. The van der Waals surface area contributed by atoms with E-state index in [4.69, 9.17) is 9.47 Å². The van der Waals surface area contributed by atoms with Gasteiger partial charge < -0.3 is 14.8 Å². The molecule has 9 heteroatoms. The molecule has 2 aromatic rings.